The molecule has 0 aliphatic carbocycles. The lowest BCUT2D eigenvalue weighted by Crippen LogP contribution is -2.19. The van der Waals surface area contributed by atoms with Crippen molar-refractivity contribution in [1.29, 1.82) is 0 Å². The molecular weight excluding hydrogens is 491 g/mol. The van der Waals surface area contributed by atoms with Crippen molar-refractivity contribution in [1.82, 2.24) is 5.32 Å². The first-order chi connectivity index (χ1) is 15.5. The van der Waals surface area contributed by atoms with Crippen LogP contribution >= 0.6 is 27.7 Å². The van der Waals surface area contributed by atoms with Crippen LogP contribution < -0.4 is 10.1 Å². The number of nitrogens with zero attached hydrogens (tertiary/aromatic N) is 1. The van der Waals surface area contributed by atoms with Crippen LogP contribution in [0.25, 0.3) is 6.08 Å². The van der Waals surface area contributed by atoms with E-state index in [9.17, 15) is 9.18 Å². The number of benzene rings is 3. The van der Waals surface area contributed by atoms with E-state index in [0.717, 1.165) is 27.7 Å². The summed E-state index contributed by atoms with van der Waals surface area (Å²) in [5, 5.41) is 3.34. The molecule has 1 aliphatic rings. The van der Waals surface area contributed by atoms with Gasteiger partial charge < -0.3 is 10.1 Å². The number of hydrogen-bond acceptors (Lipinski definition) is 4. The molecule has 1 amide bonds. The Labute approximate surface area is 198 Å². The number of carbonyl (C=O) groups is 1. The lowest BCUT2D eigenvalue weighted by molar-refractivity contribution is -0.115. The molecule has 4 nitrogen and oxygen atoms in total. The number of nitrogens with one attached hydrogen (secondary N) is 1. The van der Waals surface area contributed by atoms with E-state index in [0.29, 0.717) is 15.8 Å². The molecule has 1 fully saturated rings. The standard InChI is InChI=1S/C25H20BrFN2O2S/c1-2-16-6-9-21(10-7-16)28-25-29-24(30)23(32-25)14-18-13-19(26)8-11-22(18)31-15-17-4-3-5-20(27)12-17/h3-14H,2,15H2,1H3,(H,28,29,30)/b23-14-. The summed E-state index contributed by atoms with van der Waals surface area (Å²) in [4.78, 5) is 17.6. The molecule has 4 rings (SSSR count). The van der Waals surface area contributed by atoms with Crippen LogP contribution in [-0.2, 0) is 17.8 Å². The predicted molar refractivity (Wildman–Crippen MR) is 131 cm³/mol. The van der Waals surface area contributed by atoms with E-state index in [1.165, 1.54) is 29.5 Å². The van der Waals surface area contributed by atoms with Gasteiger partial charge in [-0.15, -0.1) is 0 Å². The van der Waals surface area contributed by atoms with E-state index in [4.69, 9.17) is 4.74 Å². The minimum Gasteiger partial charge on any atom is -0.488 e. The van der Waals surface area contributed by atoms with Gasteiger partial charge in [-0.3, -0.25) is 4.79 Å². The van der Waals surface area contributed by atoms with Gasteiger partial charge in [0.2, 0.25) is 0 Å². The van der Waals surface area contributed by atoms with Gasteiger partial charge in [0.1, 0.15) is 18.2 Å². The van der Waals surface area contributed by atoms with E-state index in [-0.39, 0.29) is 18.3 Å². The normalized spacial score (nSPS) is 15.9. The first kappa shape index (κ1) is 22.3. The molecule has 1 saturated heterocycles. The Hall–Kier alpha value is -2.90. The minimum atomic E-state index is -0.306. The van der Waals surface area contributed by atoms with E-state index >= 15 is 0 Å². The van der Waals surface area contributed by atoms with Crippen LogP contribution in [0.15, 0.2) is 81.1 Å². The molecule has 0 atom stereocenters. The van der Waals surface area contributed by atoms with Crippen molar-refractivity contribution in [2.24, 2.45) is 4.99 Å². The Morgan fingerprint density at radius 1 is 1.09 bits per heavy atom. The lowest BCUT2D eigenvalue weighted by atomic mass is 10.1. The van der Waals surface area contributed by atoms with E-state index in [1.807, 2.05) is 42.5 Å². The molecule has 0 radical (unpaired) electrons. The SMILES string of the molecule is CCc1ccc(N=C2NC(=O)/C(=C/c3cc(Br)ccc3OCc3cccc(F)c3)S2)cc1. The second kappa shape index (κ2) is 10.1. The fourth-order valence-electron chi connectivity index (χ4n) is 3.10. The average Bonchev–Trinajstić information content (AvgIpc) is 3.12. The summed E-state index contributed by atoms with van der Waals surface area (Å²) in [6, 6.07) is 19.8. The summed E-state index contributed by atoms with van der Waals surface area (Å²) in [5.41, 5.74) is 3.48. The number of amidine groups is 1. The molecule has 0 spiro atoms. The van der Waals surface area contributed by atoms with E-state index in [2.05, 4.69) is 33.2 Å². The smallest absolute Gasteiger partial charge is 0.264 e. The quantitative estimate of drug-likeness (QED) is 0.379. The van der Waals surface area contributed by atoms with E-state index < -0.39 is 0 Å². The molecule has 1 N–H and O–H groups in total. The zero-order chi connectivity index (χ0) is 22.5. The lowest BCUT2D eigenvalue weighted by Gasteiger charge is -2.10. The summed E-state index contributed by atoms with van der Waals surface area (Å²) in [6.07, 6.45) is 2.74. The zero-order valence-corrected chi connectivity index (χ0v) is 19.7. The second-order valence-corrected chi connectivity index (χ2v) is 9.05. The number of aliphatic imine (C=N–C) groups is 1. The Kier molecular flexibility index (Phi) is 7.07. The fraction of sp³-hybridized carbons (Fsp3) is 0.120. The number of hydrogen-bond donors (Lipinski definition) is 1. The molecule has 7 heteroatoms. The fourth-order valence-corrected chi connectivity index (χ4v) is 4.31. The molecule has 162 valence electrons. The molecule has 3 aromatic carbocycles. The van der Waals surface area contributed by atoms with E-state index in [1.54, 1.807) is 18.2 Å². The van der Waals surface area contributed by atoms with Crippen molar-refractivity contribution in [3.63, 3.8) is 0 Å². The third kappa shape index (κ3) is 5.66. The highest BCUT2D eigenvalue weighted by Crippen LogP contribution is 2.32. The zero-order valence-electron chi connectivity index (χ0n) is 17.3. The predicted octanol–water partition coefficient (Wildman–Crippen LogP) is 6.62. The molecule has 0 bridgehead atoms. The highest BCUT2D eigenvalue weighted by atomic mass is 79.9. The van der Waals surface area contributed by atoms with Gasteiger partial charge in [0.25, 0.3) is 5.91 Å². The van der Waals surface area contributed by atoms with Crippen LogP contribution in [-0.4, -0.2) is 11.1 Å². The summed E-state index contributed by atoms with van der Waals surface area (Å²) >= 11 is 4.75. The highest BCUT2D eigenvalue weighted by molar-refractivity contribution is 9.10. The first-order valence-corrected chi connectivity index (χ1v) is 11.7. The molecule has 1 aliphatic heterocycles. The molecule has 1 heterocycles. The Bertz CT molecular complexity index is 1210. The maximum atomic E-state index is 13.4. The number of aryl methyl sites for hydroxylation is 1. The van der Waals surface area contributed by atoms with Crippen molar-refractivity contribution in [2.75, 3.05) is 0 Å². The van der Waals surface area contributed by atoms with Crippen molar-refractivity contribution >= 4 is 50.5 Å². The summed E-state index contributed by atoms with van der Waals surface area (Å²) in [5.74, 6) is 0.0771. The second-order valence-electron chi connectivity index (χ2n) is 7.10. The van der Waals surface area contributed by atoms with Gasteiger partial charge in [-0.1, -0.05) is 47.1 Å². The average molecular weight is 511 g/mol. The van der Waals surface area contributed by atoms with Crippen LogP contribution in [0.1, 0.15) is 23.6 Å². The Morgan fingerprint density at radius 2 is 1.91 bits per heavy atom. The van der Waals surface area contributed by atoms with Gasteiger partial charge >= 0.3 is 0 Å². The third-order valence-electron chi connectivity index (χ3n) is 4.77. The summed E-state index contributed by atoms with van der Waals surface area (Å²) in [7, 11) is 0. The van der Waals surface area contributed by atoms with Crippen LogP contribution in [0, 0.1) is 5.82 Å². The summed E-state index contributed by atoms with van der Waals surface area (Å²) in [6.45, 7) is 2.32. The van der Waals surface area contributed by atoms with Gasteiger partial charge in [0.15, 0.2) is 5.17 Å². The maximum Gasteiger partial charge on any atom is 0.264 e. The molecule has 3 aromatic rings. The topological polar surface area (TPSA) is 50.7 Å². The summed E-state index contributed by atoms with van der Waals surface area (Å²) < 4.78 is 20.2. The molecule has 32 heavy (non-hydrogen) atoms. The van der Waals surface area contributed by atoms with Crippen LogP contribution in [0.2, 0.25) is 0 Å². The van der Waals surface area contributed by atoms with Crippen molar-refractivity contribution < 1.29 is 13.9 Å². The Balaban J connectivity index is 1.54. The number of rotatable bonds is 6. The number of thioether (sulfide) groups is 1. The van der Waals surface area contributed by atoms with Gasteiger partial charge in [-0.05, 0) is 77.9 Å². The third-order valence-corrected chi connectivity index (χ3v) is 6.17. The van der Waals surface area contributed by atoms with Crippen LogP contribution in [0.3, 0.4) is 0 Å². The Morgan fingerprint density at radius 3 is 2.66 bits per heavy atom. The maximum absolute atomic E-state index is 13.4. The molecule has 0 unspecified atom stereocenters. The highest BCUT2D eigenvalue weighted by Gasteiger charge is 2.24. The van der Waals surface area contributed by atoms with Crippen molar-refractivity contribution in [3.05, 3.63) is 98.6 Å². The molecule has 0 aromatic heterocycles. The number of amides is 1. The van der Waals surface area contributed by atoms with Crippen LogP contribution in [0.5, 0.6) is 5.75 Å². The molecular formula is C25H20BrFN2O2S. The first-order valence-electron chi connectivity index (χ1n) is 10.1. The van der Waals surface area contributed by atoms with Crippen molar-refractivity contribution in [2.45, 2.75) is 20.0 Å². The number of halogens is 2. The monoisotopic (exact) mass is 510 g/mol. The number of ether oxygens (including phenoxy) is 1. The van der Waals surface area contributed by atoms with Gasteiger partial charge in [-0.2, -0.15) is 0 Å². The van der Waals surface area contributed by atoms with Crippen molar-refractivity contribution in [3.8, 4) is 5.75 Å². The minimum absolute atomic E-state index is 0.213. The van der Waals surface area contributed by atoms with Gasteiger partial charge in [0.05, 0.1) is 10.6 Å². The molecule has 0 saturated carbocycles. The van der Waals surface area contributed by atoms with Gasteiger partial charge in [0, 0.05) is 10.0 Å². The largest absolute Gasteiger partial charge is 0.488 e. The van der Waals surface area contributed by atoms with Gasteiger partial charge in [-0.25, -0.2) is 9.38 Å². The number of carbonyl (C=O) groups excluding carboxylic acids is 1. The van der Waals surface area contributed by atoms with Crippen LogP contribution in [0.4, 0.5) is 10.1 Å².